The maximum absolute atomic E-state index is 11.6. The summed E-state index contributed by atoms with van der Waals surface area (Å²) in [4.78, 5) is 25.7. The summed E-state index contributed by atoms with van der Waals surface area (Å²) >= 11 is 0. The van der Waals surface area contributed by atoms with Crippen molar-refractivity contribution in [2.45, 2.75) is 12.3 Å². The molecule has 90 valence electrons. The topological polar surface area (TPSA) is 70.4 Å². The van der Waals surface area contributed by atoms with E-state index in [1.807, 2.05) is 6.08 Å². The number of hydrogen-bond donors (Lipinski definition) is 0. The van der Waals surface area contributed by atoms with E-state index < -0.39 is 11.9 Å². The third-order valence-electron chi connectivity index (χ3n) is 2.38. The van der Waals surface area contributed by atoms with Crippen LogP contribution in [0.15, 0.2) is 29.2 Å². The predicted molar refractivity (Wildman–Crippen MR) is 58.8 cm³/mol. The molecule has 0 aromatic carbocycles. The Bertz CT molecular complexity index is 494. The van der Waals surface area contributed by atoms with Crippen LogP contribution in [0.2, 0.25) is 0 Å². The lowest BCUT2D eigenvalue weighted by atomic mass is 10.4. The van der Waals surface area contributed by atoms with Gasteiger partial charge in [-0.25, -0.2) is 4.79 Å². The molecule has 1 aromatic heterocycles. The van der Waals surface area contributed by atoms with Crippen LogP contribution in [0.3, 0.4) is 0 Å². The van der Waals surface area contributed by atoms with E-state index in [-0.39, 0.29) is 11.8 Å². The van der Waals surface area contributed by atoms with Gasteiger partial charge in [-0.05, 0) is 12.1 Å². The van der Waals surface area contributed by atoms with Gasteiger partial charge in [0.05, 0.1) is 6.61 Å². The van der Waals surface area contributed by atoms with Crippen LogP contribution in [-0.2, 0) is 9.47 Å². The van der Waals surface area contributed by atoms with Crippen molar-refractivity contribution in [1.82, 2.24) is 9.55 Å². The van der Waals surface area contributed by atoms with Crippen LogP contribution in [0.5, 0.6) is 0 Å². The van der Waals surface area contributed by atoms with Crippen molar-refractivity contribution < 1.29 is 14.3 Å². The number of methoxy groups -OCH3 is 1. The summed E-state index contributed by atoms with van der Waals surface area (Å²) in [5.41, 5.74) is -0.399. The zero-order valence-electron chi connectivity index (χ0n) is 9.28. The Morgan fingerprint density at radius 2 is 2.41 bits per heavy atom. The van der Waals surface area contributed by atoms with Crippen molar-refractivity contribution in [3.63, 3.8) is 0 Å². The van der Waals surface area contributed by atoms with Crippen LogP contribution in [0.25, 0.3) is 0 Å². The van der Waals surface area contributed by atoms with Crippen LogP contribution < -0.4 is 5.69 Å². The SMILES string of the molecule is COCC1C=CC(n2ccc(C=O)nc2=O)O1. The molecule has 0 fully saturated rings. The average Bonchev–Trinajstić information content (AvgIpc) is 2.78. The summed E-state index contributed by atoms with van der Waals surface area (Å²) in [6.45, 7) is 0.432. The third-order valence-corrected chi connectivity index (χ3v) is 2.38. The third kappa shape index (κ3) is 2.48. The molecule has 6 heteroatoms. The maximum Gasteiger partial charge on any atom is 0.350 e. The molecular formula is C11H12N2O4. The lowest BCUT2D eigenvalue weighted by Crippen LogP contribution is -2.28. The molecule has 0 saturated carbocycles. The molecule has 2 heterocycles. The highest BCUT2D eigenvalue weighted by atomic mass is 16.5. The van der Waals surface area contributed by atoms with Crippen LogP contribution in [0.4, 0.5) is 0 Å². The minimum absolute atomic E-state index is 0.113. The van der Waals surface area contributed by atoms with E-state index in [0.717, 1.165) is 0 Å². The van der Waals surface area contributed by atoms with Crippen molar-refractivity contribution in [3.8, 4) is 0 Å². The molecule has 2 unspecified atom stereocenters. The molecule has 2 atom stereocenters. The van der Waals surface area contributed by atoms with E-state index in [4.69, 9.17) is 9.47 Å². The van der Waals surface area contributed by atoms with Gasteiger partial charge in [-0.15, -0.1) is 0 Å². The Hall–Kier alpha value is -1.79. The van der Waals surface area contributed by atoms with Gasteiger partial charge in [0, 0.05) is 13.3 Å². The number of carbonyl (C=O) groups excluding carboxylic acids is 1. The second-order valence-corrected chi connectivity index (χ2v) is 3.57. The molecule has 1 aromatic rings. The Morgan fingerprint density at radius 3 is 3.06 bits per heavy atom. The van der Waals surface area contributed by atoms with Crippen molar-refractivity contribution in [1.29, 1.82) is 0 Å². The molecule has 2 rings (SSSR count). The van der Waals surface area contributed by atoms with Crippen molar-refractivity contribution in [2.75, 3.05) is 13.7 Å². The van der Waals surface area contributed by atoms with Crippen LogP contribution >= 0.6 is 0 Å². The number of nitrogens with zero attached hydrogens (tertiary/aromatic N) is 2. The number of aldehydes is 1. The molecule has 1 aliphatic heterocycles. The van der Waals surface area contributed by atoms with E-state index in [2.05, 4.69) is 4.98 Å². The van der Waals surface area contributed by atoms with Gasteiger partial charge in [0.1, 0.15) is 11.8 Å². The lowest BCUT2D eigenvalue weighted by molar-refractivity contribution is -0.0202. The molecule has 6 nitrogen and oxygen atoms in total. The molecule has 0 spiro atoms. The fourth-order valence-corrected chi connectivity index (χ4v) is 1.59. The standard InChI is InChI=1S/C11H12N2O4/c1-16-7-9-2-3-10(17-9)13-5-4-8(6-14)12-11(13)15/h2-6,9-10H,7H2,1H3. The minimum atomic E-state index is -0.512. The summed E-state index contributed by atoms with van der Waals surface area (Å²) in [7, 11) is 1.58. The average molecular weight is 236 g/mol. The normalized spacial score (nSPS) is 22.9. The molecule has 0 amide bonds. The first-order chi connectivity index (χ1) is 8.24. The summed E-state index contributed by atoms with van der Waals surface area (Å²) in [6, 6.07) is 1.47. The van der Waals surface area contributed by atoms with Gasteiger partial charge >= 0.3 is 5.69 Å². The van der Waals surface area contributed by atoms with Crippen molar-refractivity contribution in [3.05, 3.63) is 40.6 Å². The highest BCUT2D eigenvalue weighted by Gasteiger charge is 2.21. The van der Waals surface area contributed by atoms with E-state index in [9.17, 15) is 9.59 Å². The van der Waals surface area contributed by atoms with E-state index in [1.54, 1.807) is 13.2 Å². The van der Waals surface area contributed by atoms with E-state index >= 15 is 0 Å². The molecular weight excluding hydrogens is 224 g/mol. The Kier molecular flexibility index (Phi) is 3.46. The zero-order chi connectivity index (χ0) is 12.3. The van der Waals surface area contributed by atoms with Gasteiger partial charge in [-0.3, -0.25) is 9.36 Å². The smallest absolute Gasteiger partial charge is 0.350 e. The van der Waals surface area contributed by atoms with Gasteiger partial charge in [0.15, 0.2) is 12.5 Å². The molecule has 0 saturated heterocycles. The summed E-state index contributed by atoms with van der Waals surface area (Å²) < 4.78 is 11.8. The largest absolute Gasteiger partial charge is 0.382 e. The number of hydrogen-bond acceptors (Lipinski definition) is 5. The van der Waals surface area contributed by atoms with Gasteiger partial charge in [0.25, 0.3) is 0 Å². The van der Waals surface area contributed by atoms with Gasteiger partial charge in [-0.1, -0.05) is 6.08 Å². The highest BCUT2D eigenvalue weighted by Crippen LogP contribution is 2.19. The van der Waals surface area contributed by atoms with Crippen LogP contribution in [-0.4, -0.2) is 35.7 Å². The zero-order valence-corrected chi connectivity index (χ0v) is 9.28. The second kappa shape index (κ2) is 5.03. The Morgan fingerprint density at radius 1 is 1.59 bits per heavy atom. The maximum atomic E-state index is 11.6. The molecule has 0 radical (unpaired) electrons. The van der Waals surface area contributed by atoms with Gasteiger partial charge in [-0.2, -0.15) is 4.98 Å². The lowest BCUT2D eigenvalue weighted by Gasteiger charge is -2.15. The molecule has 1 aliphatic rings. The van der Waals surface area contributed by atoms with E-state index in [1.165, 1.54) is 16.8 Å². The van der Waals surface area contributed by atoms with Crippen LogP contribution in [0.1, 0.15) is 16.7 Å². The summed E-state index contributed by atoms with van der Waals surface area (Å²) in [5.74, 6) is 0. The first-order valence-corrected chi connectivity index (χ1v) is 5.11. The molecule has 17 heavy (non-hydrogen) atoms. The van der Waals surface area contributed by atoms with Gasteiger partial charge in [0.2, 0.25) is 0 Å². The number of rotatable bonds is 4. The van der Waals surface area contributed by atoms with Crippen molar-refractivity contribution in [2.24, 2.45) is 0 Å². The Balaban J connectivity index is 2.17. The first kappa shape index (κ1) is 11.7. The first-order valence-electron chi connectivity index (χ1n) is 5.11. The monoisotopic (exact) mass is 236 g/mol. The number of carbonyl (C=O) groups is 1. The second-order valence-electron chi connectivity index (χ2n) is 3.57. The number of ether oxygens (including phenoxy) is 2. The van der Waals surface area contributed by atoms with Crippen LogP contribution in [0, 0.1) is 0 Å². The quantitative estimate of drug-likeness (QED) is 0.550. The Labute approximate surface area is 97.5 Å². The fraction of sp³-hybridized carbons (Fsp3) is 0.364. The van der Waals surface area contributed by atoms with Gasteiger partial charge < -0.3 is 9.47 Å². The minimum Gasteiger partial charge on any atom is -0.382 e. The molecule has 0 N–H and O–H groups in total. The van der Waals surface area contributed by atoms with Crippen molar-refractivity contribution >= 4 is 6.29 Å². The predicted octanol–water partition coefficient (Wildman–Crippen LogP) is 0.156. The highest BCUT2D eigenvalue weighted by molar-refractivity contribution is 5.71. The summed E-state index contributed by atoms with van der Waals surface area (Å²) in [5, 5.41) is 0. The molecule has 0 bridgehead atoms. The van der Waals surface area contributed by atoms with E-state index in [0.29, 0.717) is 12.9 Å². The number of aromatic nitrogens is 2. The molecule has 0 aliphatic carbocycles. The summed E-state index contributed by atoms with van der Waals surface area (Å²) in [6.07, 6.45) is 4.95. The fourth-order valence-electron chi connectivity index (χ4n) is 1.59.